The Kier molecular flexibility index (Phi) is 8.23. The van der Waals surface area contributed by atoms with E-state index in [9.17, 15) is 27.9 Å². The van der Waals surface area contributed by atoms with Crippen molar-refractivity contribution in [2.24, 2.45) is 0 Å². The lowest BCUT2D eigenvalue weighted by atomic mass is 9.99. The van der Waals surface area contributed by atoms with Crippen molar-refractivity contribution in [2.45, 2.75) is 39.5 Å². The Hall–Kier alpha value is -5.05. The number of aromatic carboxylic acids is 1. The van der Waals surface area contributed by atoms with Gasteiger partial charge in [0.15, 0.2) is 0 Å². The molecule has 0 aliphatic carbocycles. The summed E-state index contributed by atoms with van der Waals surface area (Å²) < 4.78 is 47.8. The van der Waals surface area contributed by atoms with E-state index in [1.165, 1.54) is 19.2 Å². The number of carboxylic acids is 1. The number of carboxylic acid groups (broad SMARTS) is 1. The van der Waals surface area contributed by atoms with E-state index in [-0.39, 0.29) is 16.9 Å². The van der Waals surface area contributed by atoms with E-state index in [4.69, 9.17) is 4.74 Å². The summed E-state index contributed by atoms with van der Waals surface area (Å²) in [5.74, 6) is -1.71. The number of rotatable bonds is 8. The van der Waals surface area contributed by atoms with E-state index in [1.54, 1.807) is 37.3 Å². The largest absolute Gasteiger partial charge is 0.496 e. The summed E-state index contributed by atoms with van der Waals surface area (Å²) in [6.45, 7) is 6.17. The Balaban J connectivity index is 1.39. The summed E-state index contributed by atoms with van der Waals surface area (Å²) in [4.78, 5) is 24.9. The van der Waals surface area contributed by atoms with Crippen LogP contribution >= 0.6 is 0 Å². The summed E-state index contributed by atoms with van der Waals surface area (Å²) in [6, 6.07) is 23.0. The van der Waals surface area contributed by atoms with Crippen LogP contribution in [0.4, 0.5) is 13.2 Å². The van der Waals surface area contributed by atoms with Crippen LogP contribution in [0, 0.1) is 13.8 Å². The minimum atomic E-state index is -4.59. The fraction of sp³-hybridized carbons (Fsp3) is 0.200. The highest BCUT2D eigenvalue weighted by atomic mass is 19.4. The minimum absolute atomic E-state index is 0.229. The van der Waals surface area contributed by atoms with Crippen LogP contribution < -0.4 is 10.1 Å². The minimum Gasteiger partial charge on any atom is -0.496 e. The number of amides is 1. The molecule has 2 N–H and O–H groups in total. The number of ether oxygens (including phenoxy) is 1. The smallest absolute Gasteiger partial charge is 0.419 e. The van der Waals surface area contributed by atoms with E-state index in [0.29, 0.717) is 17.7 Å². The maximum atomic E-state index is 13.5. The van der Waals surface area contributed by atoms with Gasteiger partial charge in [0.2, 0.25) is 0 Å². The van der Waals surface area contributed by atoms with Crippen LogP contribution in [0.3, 0.4) is 0 Å². The lowest BCUT2D eigenvalue weighted by molar-refractivity contribution is -0.138. The average molecular weight is 601 g/mol. The van der Waals surface area contributed by atoms with Crippen molar-refractivity contribution in [1.82, 2.24) is 9.88 Å². The van der Waals surface area contributed by atoms with Gasteiger partial charge < -0.3 is 19.7 Å². The molecule has 6 nitrogen and oxygen atoms in total. The predicted octanol–water partition coefficient (Wildman–Crippen LogP) is 8.19. The summed E-state index contributed by atoms with van der Waals surface area (Å²) >= 11 is 0. The molecule has 5 aromatic rings. The number of hydrogen-bond acceptors (Lipinski definition) is 3. The summed E-state index contributed by atoms with van der Waals surface area (Å²) in [7, 11) is 1.18. The number of methoxy groups -OCH3 is 1. The van der Waals surface area contributed by atoms with Crippen molar-refractivity contribution in [3.63, 3.8) is 0 Å². The molecule has 226 valence electrons. The third kappa shape index (κ3) is 5.77. The van der Waals surface area contributed by atoms with Crippen LogP contribution in [0.1, 0.15) is 61.6 Å². The second-order valence-electron chi connectivity index (χ2n) is 10.7. The van der Waals surface area contributed by atoms with Gasteiger partial charge in [-0.2, -0.15) is 13.2 Å². The van der Waals surface area contributed by atoms with Crippen LogP contribution in [0.25, 0.3) is 22.0 Å². The molecule has 0 saturated heterocycles. The van der Waals surface area contributed by atoms with Crippen molar-refractivity contribution in [2.75, 3.05) is 7.11 Å². The zero-order valence-electron chi connectivity index (χ0n) is 24.6. The van der Waals surface area contributed by atoms with Crippen LogP contribution in [0.2, 0.25) is 0 Å². The number of para-hydroxylation sites is 1. The number of aromatic nitrogens is 1. The topological polar surface area (TPSA) is 80.6 Å². The number of alkyl halides is 3. The highest BCUT2D eigenvalue weighted by molar-refractivity contribution is 5.99. The molecule has 44 heavy (non-hydrogen) atoms. The number of fused-ring (bicyclic) bond motifs is 1. The number of benzene rings is 4. The van der Waals surface area contributed by atoms with E-state index >= 15 is 0 Å². The highest BCUT2D eigenvalue weighted by Crippen LogP contribution is 2.40. The van der Waals surface area contributed by atoms with Crippen LogP contribution in [-0.4, -0.2) is 28.7 Å². The first kappa shape index (κ1) is 30.4. The van der Waals surface area contributed by atoms with Crippen LogP contribution in [0.5, 0.6) is 5.75 Å². The first-order chi connectivity index (χ1) is 20.9. The van der Waals surface area contributed by atoms with Gasteiger partial charge in [-0.25, -0.2) is 4.79 Å². The molecule has 5 rings (SSSR count). The van der Waals surface area contributed by atoms with Crippen molar-refractivity contribution in [1.29, 1.82) is 0 Å². The van der Waals surface area contributed by atoms with Crippen LogP contribution in [-0.2, 0) is 12.7 Å². The maximum Gasteiger partial charge on any atom is 0.419 e. The van der Waals surface area contributed by atoms with Crippen molar-refractivity contribution < 1.29 is 32.6 Å². The molecule has 0 aliphatic heterocycles. The highest BCUT2D eigenvalue weighted by Gasteiger charge is 2.36. The molecule has 1 atom stereocenters. The van der Waals surface area contributed by atoms with Gasteiger partial charge in [0.1, 0.15) is 5.75 Å². The number of nitrogens with zero attached hydrogens (tertiary/aromatic N) is 1. The number of carbonyl (C=O) groups is 2. The number of halogens is 3. The number of hydrogen-bond donors (Lipinski definition) is 2. The van der Waals surface area contributed by atoms with E-state index in [0.717, 1.165) is 39.4 Å². The van der Waals surface area contributed by atoms with Gasteiger partial charge >= 0.3 is 12.1 Å². The molecule has 9 heteroatoms. The molecular weight excluding hydrogens is 569 g/mol. The Morgan fingerprint density at radius 1 is 0.955 bits per heavy atom. The lowest BCUT2D eigenvalue weighted by Gasteiger charge is -2.20. The number of aryl methyl sites for hydroxylation is 1. The summed E-state index contributed by atoms with van der Waals surface area (Å²) in [6.07, 6.45) is -4.59. The number of nitrogens with one attached hydrogen (secondary N) is 1. The van der Waals surface area contributed by atoms with Gasteiger partial charge in [0, 0.05) is 34.3 Å². The van der Waals surface area contributed by atoms with Crippen molar-refractivity contribution >= 4 is 22.8 Å². The van der Waals surface area contributed by atoms with Gasteiger partial charge in [0.25, 0.3) is 5.91 Å². The Morgan fingerprint density at radius 3 is 2.32 bits per heavy atom. The first-order valence-corrected chi connectivity index (χ1v) is 14.0. The Labute approximate surface area is 252 Å². The second kappa shape index (κ2) is 11.9. The van der Waals surface area contributed by atoms with Gasteiger partial charge in [-0.05, 0) is 73.4 Å². The Bertz CT molecular complexity index is 1870. The van der Waals surface area contributed by atoms with Gasteiger partial charge in [-0.1, -0.05) is 54.6 Å². The molecule has 0 unspecified atom stereocenters. The summed E-state index contributed by atoms with van der Waals surface area (Å²) in [5, 5.41) is 13.3. The van der Waals surface area contributed by atoms with E-state index in [1.807, 2.05) is 50.2 Å². The van der Waals surface area contributed by atoms with Crippen LogP contribution in [0.15, 0.2) is 84.9 Å². The first-order valence-electron chi connectivity index (χ1n) is 14.0. The molecule has 0 radical (unpaired) electrons. The van der Waals surface area contributed by atoms with Crippen molar-refractivity contribution in [3.8, 4) is 16.9 Å². The maximum absolute atomic E-state index is 13.5. The molecule has 1 amide bonds. The standard InChI is InChI=1S/C35H31F3N2O4/c1-20-22(3)40(19-23-12-14-24(15-13-23)27-8-5-6-9-28(27)34(42)43)31-17-16-25(18-29(20)31)33(41)39-21(2)26-10-7-11-30(32(26)44-4)35(36,37)38/h5-18,21H,19H2,1-4H3,(H,39,41)(H,42,43)/t21-/m0/s1. The Morgan fingerprint density at radius 2 is 1.66 bits per heavy atom. The third-order valence-electron chi connectivity index (χ3n) is 8.03. The molecule has 0 aliphatic rings. The third-order valence-corrected chi connectivity index (χ3v) is 8.03. The zero-order valence-corrected chi connectivity index (χ0v) is 24.6. The summed E-state index contributed by atoms with van der Waals surface area (Å²) in [5.41, 5.74) is 5.41. The van der Waals surface area contributed by atoms with Gasteiger partial charge in [0.05, 0.1) is 24.3 Å². The molecule has 4 aromatic carbocycles. The number of carbonyl (C=O) groups excluding carboxylic acids is 1. The molecule has 0 fully saturated rings. The molecule has 1 heterocycles. The monoisotopic (exact) mass is 600 g/mol. The fourth-order valence-corrected chi connectivity index (χ4v) is 5.59. The average Bonchev–Trinajstić information content (AvgIpc) is 3.24. The normalized spacial score (nSPS) is 12.2. The zero-order chi connectivity index (χ0) is 31.8. The fourth-order valence-electron chi connectivity index (χ4n) is 5.59. The van der Waals surface area contributed by atoms with E-state index < -0.39 is 29.7 Å². The molecular formula is C35H31F3N2O4. The lowest BCUT2D eigenvalue weighted by Crippen LogP contribution is -2.27. The van der Waals surface area contributed by atoms with Crippen molar-refractivity contribution in [3.05, 3.63) is 124 Å². The van der Waals surface area contributed by atoms with Gasteiger partial charge in [-0.15, -0.1) is 0 Å². The molecule has 0 bridgehead atoms. The van der Waals surface area contributed by atoms with E-state index in [2.05, 4.69) is 9.88 Å². The molecule has 1 aromatic heterocycles. The molecule has 0 spiro atoms. The second-order valence-corrected chi connectivity index (χ2v) is 10.7. The predicted molar refractivity (Wildman–Crippen MR) is 163 cm³/mol. The SMILES string of the molecule is COc1c([C@H](C)NC(=O)c2ccc3c(c2)c(C)c(C)n3Cc2ccc(-c3ccccc3C(=O)O)cc2)cccc1C(F)(F)F. The molecule has 0 saturated carbocycles. The van der Waals surface area contributed by atoms with Gasteiger partial charge in [-0.3, -0.25) is 4.79 Å². The quantitative estimate of drug-likeness (QED) is 0.188.